The molecule has 1 N–H and O–H groups in total. The predicted octanol–water partition coefficient (Wildman–Crippen LogP) is 6.20. The Labute approximate surface area is 207 Å². The van der Waals surface area contributed by atoms with E-state index < -0.39 is 14.4 Å². The summed E-state index contributed by atoms with van der Waals surface area (Å²) in [7, 11) is -0.129. The number of aliphatic hydroxyl groups excluding tert-OH is 1. The molecule has 0 aromatic heterocycles. The van der Waals surface area contributed by atoms with Crippen LogP contribution in [0.1, 0.15) is 46.1 Å². The fourth-order valence-corrected chi connectivity index (χ4v) is 4.21. The number of aliphatic hydroxyl groups is 1. The zero-order chi connectivity index (χ0) is 25.2. The van der Waals surface area contributed by atoms with Gasteiger partial charge in [-0.3, -0.25) is 0 Å². The normalized spacial score (nSPS) is 19.4. The molecule has 2 rings (SSSR count). The lowest BCUT2D eigenvalue weighted by molar-refractivity contribution is -0.0251. The summed E-state index contributed by atoms with van der Waals surface area (Å²) in [6.07, 6.45) is 10.3. The summed E-state index contributed by atoms with van der Waals surface area (Å²) in [5.74, 6) is 0.810. The second-order valence-corrected chi connectivity index (χ2v) is 15.3. The second kappa shape index (κ2) is 13.4. The van der Waals surface area contributed by atoms with Crippen LogP contribution in [0.15, 0.2) is 60.2 Å². The fourth-order valence-electron chi connectivity index (χ4n) is 3.26. The van der Waals surface area contributed by atoms with E-state index in [-0.39, 0.29) is 17.2 Å². The highest BCUT2D eigenvalue weighted by Gasteiger charge is 2.36. The van der Waals surface area contributed by atoms with Gasteiger partial charge in [-0.15, -0.1) is 0 Å². The van der Waals surface area contributed by atoms with Gasteiger partial charge in [0.05, 0.1) is 45.2 Å². The summed E-state index contributed by atoms with van der Waals surface area (Å²) in [5, 5.41) is 11.1. The van der Waals surface area contributed by atoms with E-state index in [0.717, 1.165) is 17.7 Å². The number of hydrogen-bond donors (Lipinski definition) is 1. The minimum atomic E-state index is -1.78. The van der Waals surface area contributed by atoms with Crippen molar-refractivity contribution >= 4 is 8.32 Å². The van der Waals surface area contributed by atoms with Crippen LogP contribution in [0.5, 0.6) is 5.75 Å². The van der Waals surface area contributed by atoms with Crippen LogP contribution in [0.2, 0.25) is 18.1 Å². The van der Waals surface area contributed by atoms with Crippen LogP contribution in [0.3, 0.4) is 0 Å². The number of rotatable bonds is 12. The van der Waals surface area contributed by atoms with Gasteiger partial charge in [0.1, 0.15) is 5.75 Å². The standard InChI is InChI=1S/C28H44O5Si/c1-22-17-19-31-25(20-22)15-16-26(29)27(32-21-23-11-13-24(30-5)14-12-23)10-8-9-18-33-34(6,7)28(2,3)4/h8-9,11-17,25-27,29H,10,18-21H2,1-7H3. The lowest BCUT2D eigenvalue weighted by atomic mass is 10.0. The first kappa shape index (κ1) is 28.5. The van der Waals surface area contributed by atoms with Gasteiger partial charge in [-0.1, -0.05) is 68.9 Å². The van der Waals surface area contributed by atoms with Gasteiger partial charge in [-0.2, -0.15) is 0 Å². The van der Waals surface area contributed by atoms with Crippen LogP contribution in [-0.2, 0) is 20.5 Å². The first-order chi connectivity index (χ1) is 16.0. The minimum Gasteiger partial charge on any atom is -0.497 e. The molecule has 0 radical (unpaired) electrons. The van der Waals surface area contributed by atoms with Crippen molar-refractivity contribution in [3.05, 3.63) is 65.8 Å². The molecule has 0 aliphatic carbocycles. The van der Waals surface area contributed by atoms with Crippen molar-refractivity contribution in [2.75, 3.05) is 20.3 Å². The number of benzene rings is 1. The Morgan fingerprint density at radius 1 is 1.18 bits per heavy atom. The quantitative estimate of drug-likeness (QED) is 0.280. The van der Waals surface area contributed by atoms with E-state index >= 15 is 0 Å². The molecular weight excluding hydrogens is 444 g/mol. The first-order valence-electron chi connectivity index (χ1n) is 12.2. The topological polar surface area (TPSA) is 57.2 Å². The van der Waals surface area contributed by atoms with Crippen molar-refractivity contribution in [1.29, 1.82) is 0 Å². The predicted molar refractivity (Wildman–Crippen MR) is 142 cm³/mol. The average molecular weight is 489 g/mol. The molecule has 0 amide bonds. The summed E-state index contributed by atoms with van der Waals surface area (Å²) in [4.78, 5) is 0. The number of methoxy groups -OCH3 is 1. The molecule has 1 aromatic rings. The average Bonchev–Trinajstić information content (AvgIpc) is 2.79. The monoisotopic (exact) mass is 488 g/mol. The molecule has 3 atom stereocenters. The maximum atomic E-state index is 10.9. The molecule has 0 fully saturated rings. The zero-order valence-corrected chi connectivity index (χ0v) is 23.0. The molecule has 3 unspecified atom stereocenters. The summed E-state index contributed by atoms with van der Waals surface area (Å²) in [6, 6.07) is 7.79. The lowest BCUT2D eigenvalue weighted by Crippen LogP contribution is -2.40. The molecule has 1 aromatic carbocycles. The van der Waals surface area contributed by atoms with E-state index in [2.05, 4.69) is 46.9 Å². The van der Waals surface area contributed by atoms with Crippen molar-refractivity contribution in [2.45, 2.75) is 83.6 Å². The highest BCUT2D eigenvalue weighted by molar-refractivity contribution is 6.74. The van der Waals surface area contributed by atoms with Crippen LogP contribution >= 0.6 is 0 Å². The maximum absolute atomic E-state index is 10.9. The van der Waals surface area contributed by atoms with Gasteiger partial charge in [0.15, 0.2) is 8.32 Å². The van der Waals surface area contributed by atoms with Gasteiger partial charge in [0.25, 0.3) is 0 Å². The summed E-state index contributed by atoms with van der Waals surface area (Å²) < 4.78 is 23.3. The van der Waals surface area contributed by atoms with E-state index in [1.165, 1.54) is 5.57 Å². The molecular formula is C28H44O5Si. The van der Waals surface area contributed by atoms with E-state index in [1.807, 2.05) is 48.6 Å². The van der Waals surface area contributed by atoms with Crippen molar-refractivity contribution in [2.24, 2.45) is 0 Å². The van der Waals surface area contributed by atoms with Crippen LogP contribution in [0, 0.1) is 0 Å². The third-order valence-corrected chi connectivity index (χ3v) is 11.2. The largest absolute Gasteiger partial charge is 0.497 e. The molecule has 190 valence electrons. The molecule has 5 nitrogen and oxygen atoms in total. The van der Waals surface area contributed by atoms with Gasteiger partial charge in [-0.25, -0.2) is 0 Å². The fraction of sp³-hybridized carbons (Fsp3) is 0.571. The van der Waals surface area contributed by atoms with Crippen molar-refractivity contribution in [3.8, 4) is 5.75 Å². The molecule has 34 heavy (non-hydrogen) atoms. The highest BCUT2D eigenvalue weighted by Crippen LogP contribution is 2.36. The van der Waals surface area contributed by atoms with Gasteiger partial charge < -0.3 is 23.7 Å². The zero-order valence-electron chi connectivity index (χ0n) is 22.0. The molecule has 1 heterocycles. The van der Waals surface area contributed by atoms with Crippen LogP contribution in [-0.4, -0.2) is 52.1 Å². The second-order valence-electron chi connectivity index (χ2n) is 10.5. The molecule has 0 bridgehead atoms. The van der Waals surface area contributed by atoms with Gasteiger partial charge in [0.2, 0.25) is 0 Å². The van der Waals surface area contributed by atoms with E-state index in [1.54, 1.807) is 7.11 Å². The van der Waals surface area contributed by atoms with Crippen LogP contribution < -0.4 is 4.74 Å². The molecule has 1 aliphatic heterocycles. The Bertz CT molecular complexity index is 820. The third kappa shape index (κ3) is 9.51. The van der Waals surface area contributed by atoms with Gasteiger partial charge in [-0.05, 0) is 55.6 Å². The number of ether oxygens (including phenoxy) is 3. The molecule has 0 spiro atoms. The smallest absolute Gasteiger partial charge is 0.192 e. The van der Waals surface area contributed by atoms with E-state index in [9.17, 15) is 5.11 Å². The SMILES string of the molecule is COc1ccc(COC(CC=CCO[Si](C)(C)C(C)(C)C)C(O)C=CC2CC(C)=CCO2)cc1. The van der Waals surface area contributed by atoms with Crippen molar-refractivity contribution < 1.29 is 23.7 Å². The summed E-state index contributed by atoms with van der Waals surface area (Å²) in [6.45, 7) is 14.9. The van der Waals surface area contributed by atoms with Crippen LogP contribution in [0.25, 0.3) is 0 Å². The Hall–Kier alpha value is -1.70. The van der Waals surface area contributed by atoms with Crippen LogP contribution in [0.4, 0.5) is 0 Å². The summed E-state index contributed by atoms with van der Waals surface area (Å²) in [5.41, 5.74) is 2.34. The Morgan fingerprint density at radius 2 is 1.88 bits per heavy atom. The first-order valence-corrected chi connectivity index (χ1v) is 15.1. The van der Waals surface area contributed by atoms with Gasteiger partial charge in [0, 0.05) is 0 Å². The minimum absolute atomic E-state index is 0.00424. The lowest BCUT2D eigenvalue weighted by Gasteiger charge is -2.35. The maximum Gasteiger partial charge on any atom is 0.192 e. The van der Waals surface area contributed by atoms with E-state index in [0.29, 0.717) is 26.2 Å². The van der Waals surface area contributed by atoms with Gasteiger partial charge >= 0.3 is 0 Å². The highest BCUT2D eigenvalue weighted by atomic mass is 28.4. The van der Waals surface area contributed by atoms with E-state index in [4.69, 9.17) is 18.6 Å². The number of hydrogen-bond acceptors (Lipinski definition) is 5. The Kier molecular flexibility index (Phi) is 11.2. The molecule has 6 heteroatoms. The molecule has 1 aliphatic rings. The Balaban J connectivity index is 1.98. The summed E-state index contributed by atoms with van der Waals surface area (Å²) >= 11 is 0. The van der Waals surface area contributed by atoms with Crippen molar-refractivity contribution in [1.82, 2.24) is 0 Å². The molecule has 0 saturated carbocycles. The van der Waals surface area contributed by atoms with Crippen molar-refractivity contribution in [3.63, 3.8) is 0 Å². The molecule has 0 saturated heterocycles. The Morgan fingerprint density at radius 3 is 2.50 bits per heavy atom. The third-order valence-electron chi connectivity index (χ3n) is 6.67.